The average molecular weight is 136 g/mol. The Bertz CT molecular complexity index is 174. The van der Waals surface area contributed by atoms with Gasteiger partial charge in [0.05, 0.1) is 0 Å². The first-order chi connectivity index (χ1) is 4.93. The van der Waals surface area contributed by atoms with Gasteiger partial charge in [0.25, 0.3) is 0 Å². The number of pyridine rings is 1. The van der Waals surface area contributed by atoms with Crippen molar-refractivity contribution in [1.82, 2.24) is 4.98 Å². The molecule has 1 aromatic heterocycles. The summed E-state index contributed by atoms with van der Waals surface area (Å²) < 4.78 is 0. The summed E-state index contributed by atoms with van der Waals surface area (Å²) >= 11 is 0. The van der Waals surface area contributed by atoms with Gasteiger partial charge in [-0.1, -0.05) is 6.07 Å². The van der Waals surface area contributed by atoms with Crippen molar-refractivity contribution >= 4 is 0 Å². The molecule has 1 radical (unpaired) electrons. The molecule has 0 unspecified atom stereocenters. The lowest BCUT2D eigenvalue weighted by atomic mass is 10.2. The van der Waals surface area contributed by atoms with Gasteiger partial charge >= 0.3 is 0 Å². The van der Waals surface area contributed by atoms with E-state index in [0.29, 0.717) is 0 Å². The van der Waals surface area contributed by atoms with Crippen molar-refractivity contribution in [3.05, 3.63) is 30.1 Å². The molecule has 1 aromatic rings. The van der Waals surface area contributed by atoms with Crippen LogP contribution >= 0.6 is 0 Å². The molecule has 0 aromatic carbocycles. The first-order valence-electron chi connectivity index (χ1n) is 3.35. The van der Waals surface area contributed by atoms with Crippen molar-refractivity contribution in [1.29, 1.82) is 0 Å². The Morgan fingerprint density at radius 1 is 1.60 bits per heavy atom. The lowest BCUT2D eigenvalue weighted by Crippen LogP contribution is -1.91. The standard InChI is InChI=1S/C8H10NO/c10-7-3-5-8-4-1-2-6-9-8/h1,4,6,10H,3,5,7H2. The quantitative estimate of drug-likeness (QED) is 0.667. The lowest BCUT2D eigenvalue weighted by molar-refractivity contribution is 0.288. The van der Waals surface area contributed by atoms with Gasteiger partial charge in [0.1, 0.15) is 0 Å². The van der Waals surface area contributed by atoms with E-state index in [4.69, 9.17) is 5.11 Å². The molecule has 0 bridgehead atoms. The third-order valence-electron chi connectivity index (χ3n) is 1.27. The van der Waals surface area contributed by atoms with Crippen LogP contribution in [0.1, 0.15) is 12.1 Å². The molecule has 0 atom stereocenters. The van der Waals surface area contributed by atoms with Crippen LogP contribution in [-0.2, 0) is 6.42 Å². The van der Waals surface area contributed by atoms with E-state index in [1.54, 1.807) is 6.20 Å². The summed E-state index contributed by atoms with van der Waals surface area (Å²) in [6, 6.07) is 6.58. The molecule has 10 heavy (non-hydrogen) atoms. The van der Waals surface area contributed by atoms with Gasteiger partial charge in [-0.3, -0.25) is 4.98 Å². The Kier molecular flexibility index (Phi) is 2.90. The summed E-state index contributed by atoms with van der Waals surface area (Å²) in [5.74, 6) is 0. The van der Waals surface area contributed by atoms with Gasteiger partial charge in [0.2, 0.25) is 0 Å². The van der Waals surface area contributed by atoms with Gasteiger partial charge in [-0.05, 0) is 18.9 Å². The van der Waals surface area contributed by atoms with Crippen LogP contribution in [0.3, 0.4) is 0 Å². The van der Waals surface area contributed by atoms with Crippen LogP contribution in [0.4, 0.5) is 0 Å². The molecular weight excluding hydrogens is 126 g/mol. The molecule has 53 valence electrons. The van der Waals surface area contributed by atoms with Gasteiger partial charge in [0.15, 0.2) is 0 Å². The summed E-state index contributed by atoms with van der Waals surface area (Å²) in [6.07, 6.45) is 3.29. The number of hydrogen-bond acceptors (Lipinski definition) is 2. The summed E-state index contributed by atoms with van der Waals surface area (Å²) in [7, 11) is 0. The van der Waals surface area contributed by atoms with E-state index in [1.807, 2.05) is 12.1 Å². The van der Waals surface area contributed by atoms with Crippen molar-refractivity contribution in [2.45, 2.75) is 12.8 Å². The largest absolute Gasteiger partial charge is 0.396 e. The van der Waals surface area contributed by atoms with Crippen LogP contribution in [0, 0.1) is 6.07 Å². The second kappa shape index (κ2) is 4.01. The van der Waals surface area contributed by atoms with Gasteiger partial charge < -0.3 is 5.11 Å². The molecule has 0 aliphatic carbocycles. The van der Waals surface area contributed by atoms with E-state index in [1.165, 1.54) is 0 Å². The van der Waals surface area contributed by atoms with Crippen molar-refractivity contribution in [3.63, 3.8) is 0 Å². The maximum Gasteiger partial charge on any atom is 0.0434 e. The molecule has 2 nitrogen and oxygen atoms in total. The van der Waals surface area contributed by atoms with Crippen molar-refractivity contribution in [2.75, 3.05) is 6.61 Å². The van der Waals surface area contributed by atoms with E-state index < -0.39 is 0 Å². The number of rotatable bonds is 3. The second-order valence-electron chi connectivity index (χ2n) is 2.08. The first kappa shape index (κ1) is 7.22. The lowest BCUT2D eigenvalue weighted by Gasteiger charge is -1.94. The minimum absolute atomic E-state index is 0.236. The van der Waals surface area contributed by atoms with Gasteiger partial charge in [-0.2, -0.15) is 0 Å². The van der Waals surface area contributed by atoms with Crippen molar-refractivity contribution < 1.29 is 5.11 Å². The summed E-state index contributed by atoms with van der Waals surface area (Å²) in [6.45, 7) is 0.236. The zero-order valence-electron chi connectivity index (χ0n) is 5.75. The fourth-order valence-electron chi connectivity index (χ4n) is 0.759. The molecule has 0 aliphatic heterocycles. The fourth-order valence-corrected chi connectivity index (χ4v) is 0.759. The minimum atomic E-state index is 0.236. The van der Waals surface area contributed by atoms with Crippen LogP contribution in [0.5, 0.6) is 0 Å². The predicted octanol–water partition coefficient (Wildman–Crippen LogP) is 0.807. The van der Waals surface area contributed by atoms with E-state index in [0.717, 1.165) is 18.5 Å². The van der Waals surface area contributed by atoms with Gasteiger partial charge in [-0.15, -0.1) is 0 Å². The predicted molar refractivity (Wildman–Crippen MR) is 38.5 cm³/mol. The molecule has 2 heteroatoms. The average Bonchev–Trinajstić information content (AvgIpc) is 2.03. The zero-order valence-corrected chi connectivity index (χ0v) is 5.75. The molecule has 1 N–H and O–H groups in total. The first-order valence-corrected chi connectivity index (χ1v) is 3.35. The normalized spacial score (nSPS) is 9.70. The van der Waals surface area contributed by atoms with E-state index in [2.05, 4.69) is 11.1 Å². The van der Waals surface area contributed by atoms with E-state index in [9.17, 15) is 0 Å². The Morgan fingerprint density at radius 3 is 3.10 bits per heavy atom. The second-order valence-corrected chi connectivity index (χ2v) is 2.08. The molecule has 0 spiro atoms. The monoisotopic (exact) mass is 136 g/mol. The molecular formula is C8H10NO. The number of aliphatic hydroxyl groups is 1. The molecule has 0 saturated heterocycles. The molecule has 0 fully saturated rings. The Labute approximate surface area is 60.5 Å². The van der Waals surface area contributed by atoms with Gasteiger partial charge in [-0.25, -0.2) is 0 Å². The number of aromatic nitrogens is 1. The highest BCUT2D eigenvalue weighted by molar-refractivity contribution is 5.02. The summed E-state index contributed by atoms with van der Waals surface area (Å²) in [4.78, 5) is 4.05. The van der Waals surface area contributed by atoms with Crippen LogP contribution in [-0.4, -0.2) is 16.7 Å². The van der Waals surface area contributed by atoms with Crippen molar-refractivity contribution in [2.24, 2.45) is 0 Å². The number of aliphatic hydroxyl groups excluding tert-OH is 1. The number of aryl methyl sites for hydroxylation is 1. The highest BCUT2D eigenvalue weighted by Crippen LogP contribution is 1.96. The van der Waals surface area contributed by atoms with Crippen molar-refractivity contribution in [3.8, 4) is 0 Å². The third-order valence-corrected chi connectivity index (χ3v) is 1.27. The Hall–Kier alpha value is -0.890. The highest BCUT2D eigenvalue weighted by Gasteiger charge is 1.89. The van der Waals surface area contributed by atoms with Crippen LogP contribution < -0.4 is 0 Å². The fraction of sp³-hybridized carbons (Fsp3) is 0.375. The maximum absolute atomic E-state index is 8.49. The zero-order chi connectivity index (χ0) is 7.23. The number of hydrogen-bond donors (Lipinski definition) is 1. The van der Waals surface area contributed by atoms with Crippen LogP contribution in [0.2, 0.25) is 0 Å². The van der Waals surface area contributed by atoms with E-state index >= 15 is 0 Å². The molecule has 0 amide bonds. The SMILES string of the molecule is OCCCc1cc[c]cn1. The molecule has 1 rings (SSSR count). The molecule has 1 heterocycles. The highest BCUT2D eigenvalue weighted by atomic mass is 16.2. The molecule has 0 aliphatic rings. The van der Waals surface area contributed by atoms with Crippen LogP contribution in [0.15, 0.2) is 18.3 Å². The van der Waals surface area contributed by atoms with Gasteiger partial charge in [0, 0.05) is 24.6 Å². The summed E-state index contributed by atoms with van der Waals surface area (Å²) in [5.41, 5.74) is 1.02. The topological polar surface area (TPSA) is 33.1 Å². The Morgan fingerprint density at radius 2 is 2.50 bits per heavy atom. The molecule has 0 saturated carbocycles. The smallest absolute Gasteiger partial charge is 0.0434 e. The minimum Gasteiger partial charge on any atom is -0.396 e. The maximum atomic E-state index is 8.49. The summed E-state index contributed by atoms with van der Waals surface area (Å²) in [5, 5.41) is 8.49. The van der Waals surface area contributed by atoms with Crippen LogP contribution in [0.25, 0.3) is 0 Å². The third kappa shape index (κ3) is 2.15. The Balaban J connectivity index is 2.43. The number of nitrogens with zero attached hydrogens (tertiary/aromatic N) is 1. The van der Waals surface area contributed by atoms with E-state index in [-0.39, 0.29) is 6.61 Å².